The second-order valence-corrected chi connectivity index (χ2v) is 8.44. The lowest BCUT2D eigenvalue weighted by atomic mass is 9.72. The minimum Gasteiger partial charge on any atom is -0.463 e. The lowest BCUT2D eigenvalue weighted by Crippen LogP contribution is -2.48. The van der Waals surface area contributed by atoms with Crippen LogP contribution in [-0.2, 0) is 15.8 Å². The zero-order valence-electron chi connectivity index (χ0n) is 18.6. The van der Waals surface area contributed by atoms with Crippen LogP contribution in [0.4, 0.5) is 0 Å². The number of aliphatic hydroxyl groups is 1. The second-order valence-electron chi connectivity index (χ2n) is 8.44. The number of aryl methyl sites for hydroxylation is 2. The molecule has 6 nitrogen and oxygen atoms in total. The number of nitrogens with zero attached hydrogens (tertiary/aromatic N) is 1. The third-order valence-electron chi connectivity index (χ3n) is 5.92. The molecular weight excluding hydrogens is 378 g/mol. The van der Waals surface area contributed by atoms with Crippen LogP contribution in [0.2, 0.25) is 0 Å². The minimum atomic E-state index is -1.16. The molecule has 2 aromatic rings. The van der Waals surface area contributed by atoms with Crippen molar-refractivity contribution in [1.29, 1.82) is 0 Å². The van der Waals surface area contributed by atoms with E-state index in [0.717, 1.165) is 44.9 Å². The van der Waals surface area contributed by atoms with Crippen LogP contribution in [-0.4, -0.2) is 43.9 Å². The maximum Gasteiger partial charge on any atom is 0.191 e. The number of rotatable bonds is 7. The summed E-state index contributed by atoms with van der Waals surface area (Å²) in [6.07, 6.45) is 1.93. The third kappa shape index (κ3) is 5.24. The number of ether oxygens (including phenoxy) is 1. The number of benzene rings is 1. The molecule has 1 saturated heterocycles. The lowest BCUT2D eigenvalue weighted by Gasteiger charge is -2.39. The van der Waals surface area contributed by atoms with E-state index in [1.165, 1.54) is 11.1 Å². The summed E-state index contributed by atoms with van der Waals surface area (Å²) in [5.41, 5.74) is 1.51. The molecule has 30 heavy (non-hydrogen) atoms. The first kappa shape index (κ1) is 22.4. The molecule has 1 unspecified atom stereocenters. The van der Waals surface area contributed by atoms with E-state index in [1.54, 1.807) is 13.0 Å². The third-order valence-corrected chi connectivity index (χ3v) is 5.92. The molecule has 6 heteroatoms. The Balaban J connectivity index is 1.76. The lowest BCUT2D eigenvalue weighted by molar-refractivity contribution is 0.0427. The van der Waals surface area contributed by atoms with Crippen LogP contribution in [0.1, 0.15) is 49.3 Å². The molecule has 1 aromatic heterocycles. The Morgan fingerprint density at radius 1 is 1.13 bits per heavy atom. The van der Waals surface area contributed by atoms with Crippen LogP contribution in [0.3, 0.4) is 0 Å². The molecule has 1 aromatic carbocycles. The predicted molar refractivity (Wildman–Crippen MR) is 120 cm³/mol. The SMILES string of the molecule is CCNC(=NCC(C)(O)c1ccc(C)o1)NCC1(c2ccccc2C)CCOCC1. The maximum atomic E-state index is 10.8. The van der Waals surface area contributed by atoms with Crippen LogP contribution in [0.25, 0.3) is 0 Å². The van der Waals surface area contributed by atoms with E-state index >= 15 is 0 Å². The van der Waals surface area contributed by atoms with Gasteiger partial charge in [-0.1, -0.05) is 24.3 Å². The fourth-order valence-electron chi connectivity index (χ4n) is 4.10. The molecule has 1 fully saturated rings. The van der Waals surface area contributed by atoms with E-state index in [9.17, 15) is 5.11 Å². The van der Waals surface area contributed by atoms with Gasteiger partial charge in [0.2, 0.25) is 0 Å². The van der Waals surface area contributed by atoms with Gasteiger partial charge in [0, 0.05) is 31.7 Å². The fourth-order valence-corrected chi connectivity index (χ4v) is 4.10. The molecule has 0 spiro atoms. The molecule has 1 atom stereocenters. The van der Waals surface area contributed by atoms with Crippen molar-refractivity contribution in [2.45, 2.75) is 51.6 Å². The Bertz CT molecular complexity index is 851. The quantitative estimate of drug-likeness (QED) is 0.479. The first-order valence-electron chi connectivity index (χ1n) is 10.8. The highest BCUT2D eigenvalue weighted by atomic mass is 16.5. The minimum absolute atomic E-state index is 0.000423. The van der Waals surface area contributed by atoms with E-state index in [4.69, 9.17) is 9.15 Å². The van der Waals surface area contributed by atoms with Crippen molar-refractivity contribution in [2.75, 3.05) is 32.8 Å². The van der Waals surface area contributed by atoms with E-state index < -0.39 is 5.60 Å². The molecule has 0 radical (unpaired) electrons. The zero-order chi connectivity index (χ0) is 21.6. The highest BCUT2D eigenvalue weighted by Gasteiger charge is 2.35. The van der Waals surface area contributed by atoms with Crippen LogP contribution in [0.15, 0.2) is 45.8 Å². The Morgan fingerprint density at radius 3 is 2.50 bits per heavy atom. The van der Waals surface area contributed by atoms with Gasteiger partial charge in [0.05, 0.1) is 6.54 Å². The highest BCUT2D eigenvalue weighted by molar-refractivity contribution is 5.80. The van der Waals surface area contributed by atoms with Crippen LogP contribution in [0.5, 0.6) is 0 Å². The van der Waals surface area contributed by atoms with Crippen molar-refractivity contribution in [1.82, 2.24) is 10.6 Å². The molecule has 2 heterocycles. The molecule has 0 bridgehead atoms. The maximum absolute atomic E-state index is 10.8. The average molecular weight is 414 g/mol. The van der Waals surface area contributed by atoms with Gasteiger partial charge in [0.15, 0.2) is 5.96 Å². The number of hydrogen-bond donors (Lipinski definition) is 3. The smallest absolute Gasteiger partial charge is 0.191 e. The van der Waals surface area contributed by atoms with Crippen molar-refractivity contribution in [3.8, 4) is 0 Å². The van der Waals surface area contributed by atoms with Crippen LogP contribution < -0.4 is 10.6 Å². The first-order valence-corrected chi connectivity index (χ1v) is 10.8. The average Bonchev–Trinajstić information content (AvgIpc) is 3.18. The Hall–Kier alpha value is -2.31. The van der Waals surface area contributed by atoms with Crippen molar-refractivity contribution >= 4 is 5.96 Å². The first-order chi connectivity index (χ1) is 14.4. The van der Waals surface area contributed by atoms with E-state index in [0.29, 0.717) is 11.7 Å². The summed E-state index contributed by atoms with van der Waals surface area (Å²) in [7, 11) is 0. The van der Waals surface area contributed by atoms with Crippen LogP contribution >= 0.6 is 0 Å². The Kier molecular flexibility index (Phi) is 7.21. The number of nitrogens with one attached hydrogen (secondary N) is 2. The Morgan fingerprint density at radius 2 is 1.87 bits per heavy atom. The largest absolute Gasteiger partial charge is 0.463 e. The second kappa shape index (κ2) is 9.67. The topological polar surface area (TPSA) is 79.0 Å². The van der Waals surface area contributed by atoms with Gasteiger partial charge in [-0.3, -0.25) is 0 Å². The number of guanidine groups is 1. The zero-order valence-corrected chi connectivity index (χ0v) is 18.6. The monoisotopic (exact) mass is 413 g/mol. The summed E-state index contributed by atoms with van der Waals surface area (Å²) in [5, 5.41) is 17.7. The molecule has 1 aliphatic rings. The van der Waals surface area contributed by atoms with E-state index in [2.05, 4.69) is 46.8 Å². The summed E-state index contributed by atoms with van der Waals surface area (Å²) in [5.74, 6) is 2.00. The van der Waals surface area contributed by atoms with Crippen molar-refractivity contribution in [3.05, 3.63) is 59.0 Å². The van der Waals surface area contributed by atoms with Gasteiger partial charge in [0.1, 0.15) is 17.1 Å². The molecule has 0 saturated carbocycles. The van der Waals surface area contributed by atoms with Crippen LogP contribution in [0, 0.1) is 13.8 Å². The van der Waals surface area contributed by atoms with Gasteiger partial charge in [-0.25, -0.2) is 4.99 Å². The van der Waals surface area contributed by atoms with E-state index in [-0.39, 0.29) is 12.0 Å². The number of hydrogen-bond acceptors (Lipinski definition) is 4. The normalized spacial score (nSPS) is 18.6. The molecule has 3 rings (SSSR count). The van der Waals surface area contributed by atoms with Gasteiger partial charge in [-0.05, 0) is 63.8 Å². The summed E-state index contributed by atoms with van der Waals surface area (Å²) in [6.45, 7) is 11.0. The fraction of sp³-hybridized carbons (Fsp3) is 0.542. The molecule has 164 valence electrons. The molecule has 1 aliphatic heterocycles. The summed E-state index contributed by atoms with van der Waals surface area (Å²) >= 11 is 0. The molecule has 0 amide bonds. The van der Waals surface area contributed by atoms with E-state index in [1.807, 2.05) is 19.9 Å². The van der Waals surface area contributed by atoms with Gasteiger partial charge < -0.3 is 24.9 Å². The molecular formula is C24H35N3O3. The highest BCUT2D eigenvalue weighted by Crippen LogP contribution is 2.36. The molecule has 0 aliphatic carbocycles. The molecule has 3 N–H and O–H groups in total. The van der Waals surface area contributed by atoms with Crippen molar-refractivity contribution in [3.63, 3.8) is 0 Å². The number of furan rings is 1. The summed E-state index contributed by atoms with van der Waals surface area (Å²) < 4.78 is 11.3. The number of aliphatic imine (C=N–C) groups is 1. The summed E-state index contributed by atoms with van der Waals surface area (Å²) in [6, 6.07) is 12.3. The summed E-state index contributed by atoms with van der Waals surface area (Å²) in [4.78, 5) is 4.66. The predicted octanol–water partition coefficient (Wildman–Crippen LogP) is 3.41. The van der Waals surface area contributed by atoms with Gasteiger partial charge >= 0.3 is 0 Å². The van der Waals surface area contributed by atoms with Crippen molar-refractivity contribution in [2.24, 2.45) is 4.99 Å². The Labute approximate surface area is 179 Å². The van der Waals surface area contributed by atoms with Gasteiger partial charge in [-0.15, -0.1) is 0 Å². The standard InChI is InChI=1S/C24H35N3O3/c1-5-25-22(26-16-23(4,28)21-11-10-19(3)30-21)27-17-24(12-14-29-15-13-24)20-9-7-6-8-18(20)2/h6-11,28H,5,12-17H2,1-4H3,(H2,25,26,27). The van der Waals surface area contributed by atoms with Crippen molar-refractivity contribution < 1.29 is 14.3 Å². The van der Waals surface area contributed by atoms with Gasteiger partial charge in [0.25, 0.3) is 0 Å². The van der Waals surface area contributed by atoms with Gasteiger partial charge in [-0.2, -0.15) is 0 Å².